The summed E-state index contributed by atoms with van der Waals surface area (Å²) in [6.45, 7) is 6.00. The van der Waals surface area contributed by atoms with Gasteiger partial charge >= 0.3 is 206 Å². The zero-order valence-electron chi connectivity index (χ0n) is 10.8. The molecule has 0 amide bonds. The fourth-order valence-corrected chi connectivity index (χ4v) is 0. The van der Waals surface area contributed by atoms with Crippen molar-refractivity contribution in [1.82, 2.24) is 12.3 Å². The Kier molecular flexibility index (Phi) is 305. The SMILES string of the molecule is C=C.N.N.[H-].[H-].[H-].[H-].[K+].[K+].[K+].[K+]. The first-order chi connectivity index (χ1) is 1.00. The monoisotopic (exact) mass is 222 g/mol. The fourth-order valence-electron chi connectivity index (χ4n) is 0. The summed E-state index contributed by atoms with van der Waals surface area (Å²) in [4.78, 5) is 0. The van der Waals surface area contributed by atoms with Crippen LogP contribution in [0.2, 0.25) is 0 Å². The van der Waals surface area contributed by atoms with Crippen LogP contribution in [0.5, 0.6) is 0 Å². The number of rotatable bonds is 0. The van der Waals surface area contributed by atoms with Crippen molar-refractivity contribution in [1.29, 1.82) is 0 Å². The van der Waals surface area contributed by atoms with Gasteiger partial charge in [0.25, 0.3) is 0 Å². The Bertz CT molecular complexity index is 23.0. The van der Waals surface area contributed by atoms with Crippen molar-refractivity contribution in [3.63, 3.8) is 0 Å². The van der Waals surface area contributed by atoms with Crippen molar-refractivity contribution >= 4 is 0 Å². The first-order valence-corrected chi connectivity index (χ1v) is 0.500. The molecule has 6 heteroatoms. The van der Waals surface area contributed by atoms with Gasteiger partial charge in [-0.05, 0) is 0 Å². The van der Waals surface area contributed by atoms with Gasteiger partial charge in [0.15, 0.2) is 0 Å². The standard InChI is InChI=1S/C2H4.4K.2H3N.4H/c1-2;;;;;;;;;;/h1-2H2;;;;;2*1H3;;;;/q;4*+1;;;4*-1. The van der Waals surface area contributed by atoms with Crippen molar-refractivity contribution in [2.75, 3.05) is 0 Å². The van der Waals surface area contributed by atoms with Gasteiger partial charge < -0.3 is 18.0 Å². The molecule has 0 aliphatic heterocycles. The van der Waals surface area contributed by atoms with Gasteiger partial charge in [-0.3, -0.25) is 0 Å². The molecular formula is C2H14K4N2. The molecule has 0 bridgehead atoms. The maximum Gasteiger partial charge on any atom is 1.00 e. The van der Waals surface area contributed by atoms with Gasteiger partial charge in [0.1, 0.15) is 0 Å². The Morgan fingerprint density at radius 3 is 0.625 bits per heavy atom. The molecule has 0 radical (unpaired) electrons. The Balaban J connectivity index is -0.000000000111. The summed E-state index contributed by atoms with van der Waals surface area (Å²) in [7, 11) is 0. The van der Waals surface area contributed by atoms with Crippen LogP contribution in [-0.2, 0) is 0 Å². The molecule has 0 aromatic heterocycles. The van der Waals surface area contributed by atoms with Crippen molar-refractivity contribution in [3.8, 4) is 0 Å². The van der Waals surface area contributed by atoms with Crippen LogP contribution >= 0.6 is 0 Å². The molecule has 0 atom stereocenters. The number of hydrogen-bond donors (Lipinski definition) is 2. The molecule has 0 aliphatic carbocycles. The predicted molar refractivity (Wildman–Crippen MR) is 25.7 cm³/mol. The zero-order valence-corrected chi connectivity index (χ0v) is 19.3. The van der Waals surface area contributed by atoms with Gasteiger partial charge in [0.05, 0.1) is 0 Å². The molecule has 6 N–H and O–H groups in total. The van der Waals surface area contributed by atoms with E-state index in [1.165, 1.54) is 0 Å². The van der Waals surface area contributed by atoms with Crippen LogP contribution in [0, 0.1) is 0 Å². The molecule has 0 rings (SSSR count). The van der Waals surface area contributed by atoms with Crippen molar-refractivity contribution in [2.45, 2.75) is 0 Å². The third-order valence-corrected chi connectivity index (χ3v) is 0. The molecule has 0 saturated heterocycles. The van der Waals surface area contributed by atoms with E-state index >= 15 is 0 Å². The molecule has 2 nitrogen and oxygen atoms in total. The predicted octanol–water partition coefficient (Wildman–Crippen LogP) is -10.4. The first kappa shape index (κ1) is 47.7. The minimum Gasteiger partial charge on any atom is -1.00 e. The van der Waals surface area contributed by atoms with Crippen molar-refractivity contribution in [2.24, 2.45) is 0 Å². The van der Waals surface area contributed by atoms with E-state index in [-0.39, 0.29) is 224 Å². The van der Waals surface area contributed by atoms with Gasteiger partial charge in [-0.15, -0.1) is 13.2 Å². The maximum absolute atomic E-state index is 3.00. The smallest absolute Gasteiger partial charge is 1.00 e. The second-order valence-electron chi connectivity index (χ2n) is 0. The molecule has 0 aromatic carbocycles. The molecule has 0 saturated carbocycles. The van der Waals surface area contributed by atoms with Crippen LogP contribution in [0.15, 0.2) is 13.2 Å². The van der Waals surface area contributed by atoms with Crippen LogP contribution in [0.4, 0.5) is 0 Å². The molecular weight excluding hydrogens is 208 g/mol. The molecule has 0 aromatic rings. The molecule has 36 valence electrons. The van der Waals surface area contributed by atoms with E-state index in [1.807, 2.05) is 0 Å². The average molecular weight is 223 g/mol. The normalized spacial score (nSPS) is 0.500. The van der Waals surface area contributed by atoms with Crippen LogP contribution in [0.1, 0.15) is 5.71 Å². The van der Waals surface area contributed by atoms with E-state index in [4.69, 9.17) is 0 Å². The van der Waals surface area contributed by atoms with E-state index in [2.05, 4.69) is 13.2 Å². The van der Waals surface area contributed by atoms with E-state index in [9.17, 15) is 0 Å². The summed E-state index contributed by atoms with van der Waals surface area (Å²) >= 11 is 0. The minimum atomic E-state index is 0. The van der Waals surface area contributed by atoms with Crippen molar-refractivity contribution < 1.29 is 211 Å². The molecule has 8 heavy (non-hydrogen) atoms. The molecule has 0 spiro atoms. The summed E-state index contributed by atoms with van der Waals surface area (Å²) in [5.41, 5.74) is 0. The second-order valence-corrected chi connectivity index (χ2v) is 0. The quantitative estimate of drug-likeness (QED) is 0.316. The van der Waals surface area contributed by atoms with Crippen LogP contribution in [0.25, 0.3) is 0 Å². The van der Waals surface area contributed by atoms with Crippen LogP contribution in [-0.4, -0.2) is 0 Å². The Labute approximate surface area is 228 Å². The third-order valence-electron chi connectivity index (χ3n) is 0. The summed E-state index contributed by atoms with van der Waals surface area (Å²) in [5, 5.41) is 0. The van der Waals surface area contributed by atoms with Gasteiger partial charge in [-0.2, -0.15) is 0 Å². The van der Waals surface area contributed by atoms with E-state index in [0.29, 0.717) is 0 Å². The average Bonchev–Trinajstić information content (AvgIpc) is 1.00. The Morgan fingerprint density at radius 2 is 0.625 bits per heavy atom. The zero-order chi connectivity index (χ0) is 2.00. The van der Waals surface area contributed by atoms with Gasteiger partial charge in [0, 0.05) is 0 Å². The summed E-state index contributed by atoms with van der Waals surface area (Å²) in [6, 6.07) is 0. The molecule has 0 aliphatic rings. The molecule has 0 unspecified atom stereocenters. The van der Waals surface area contributed by atoms with E-state index in [0.717, 1.165) is 0 Å². The largest absolute Gasteiger partial charge is 1.00 e. The van der Waals surface area contributed by atoms with Crippen molar-refractivity contribution in [3.05, 3.63) is 13.2 Å². The number of hydrogen-bond acceptors (Lipinski definition) is 2. The minimum absolute atomic E-state index is 0. The third kappa shape index (κ3) is 39.8. The Hall–Kier alpha value is 6.21. The Morgan fingerprint density at radius 1 is 0.625 bits per heavy atom. The summed E-state index contributed by atoms with van der Waals surface area (Å²) in [6.07, 6.45) is 0. The van der Waals surface area contributed by atoms with Gasteiger partial charge in [0.2, 0.25) is 0 Å². The summed E-state index contributed by atoms with van der Waals surface area (Å²) < 4.78 is 0. The summed E-state index contributed by atoms with van der Waals surface area (Å²) in [5.74, 6) is 0. The van der Waals surface area contributed by atoms with E-state index < -0.39 is 0 Å². The topological polar surface area (TPSA) is 70.0 Å². The fraction of sp³-hybridized carbons (Fsp3) is 0. The molecule has 0 fully saturated rings. The van der Waals surface area contributed by atoms with Crippen LogP contribution in [0.3, 0.4) is 0 Å². The first-order valence-electron chi connectivity index (χ1n) is 0.500. The van der Waals surface area contributed by atoms with Gasteiger partial charge in [-0.1, -0.05) is 0 Å². The maximum atomic E-state index is 3.00. The van der Waals surface area contributed by atoms with E-state index in [1.54, 1.807) is 0 Å². The second kappa shape index (κ2) is 51.1. The van der Waals surface area contributed by atoms with Crippen LogP contribution < -0.4 is 218 Å². The molecule has 0 heterocycles. The van der Waals surface area contributed by atoms with Gasteiger partial charge in [-0.25, -0.2) is 0 Å².